The summed E-state index contributed by atoms with van der Waals surface area (Å²) in [6.07, 6.45) is 0.966. The van der Waals surface area contributed by atoms with Gasteiger partial charge in [0.1, 0.15) is 6.54 Å². The van der Waals surface area contributed by atoms with Crippen molar-refractivity contribution in [3.05, 3.63) is 58.1 Å². The Morgan fingerprint density at radius 1 is 1.03 bits per heavy atom. The third kappa shape index (κ3) is 5.96. The molecule has 0 saturated heterocycles. The van der Waals surface area contributed by atoms with Gasteiger partial charge in [-0.1, -0.05) is 17.7 Å². The summed E-state index contributed by atoms with van der Waals surface area (Å²) in [5, 5.41) is 2.84. The van der Waals surface area contributed by atoms with Gasteiger partial charge >= 0.3 is 11.9 Å². The molecule has 11 heteroatoms. The summed E-state index contributed by atoms with van der Waals surface area (Å²) in [6.45, 7) is 1.08. The predicted molar refractivity (Wildman–Crippen MR) is 116 cm³/mol. The maximum atomic E-state index is 12.7. The molecule has 0 aliphatic heterocycles. The SMILES string of the molecule is COC(=O)c1cc(NC(=O)CN(c2cccc(Cl)c2C)S(C)(=O)=O)cc(C(=O)OC)c1. The summed E-state index contributed by atoms with van der Waals surface area (Å²) in [6, 6.07) is 8.56. The molecule has 0 heterocycles. The number of benzene rings is 2. The maximum absolute atomic E-state index is 12.7. The molecule has 2 aromatic rings. The molecule has 0 bridgehead atoms. The first-order valence-electron chi connectivity index (χ1n) is 8.82. The molecule has 9 nitrogen and oxygen atoms in total. The first kappa shape index (κ1) is 24.2. The number of hydrogen-bond donors (Lipinski definition) is 1. The van der Waals surface area contributed by atoms with Gasteiger partial charge in [0.25, 0.3) is 0 Å². The van der Waals surface area contributed by atoms with Crippen LogP contribution in [0.15, 0.2) is 36.4 Å². The van der Waals surface area contributed by atoms with Gasteiger partial charge in [-0.25, -0.2) is 18.0 Å². The molecule has 1 N–H and O–H groups in total. The van der Waals surface area contributed by atoms with E-state index in [0.29, 0.717) is 10.6 Å². The van der Waals surface area contributed by atoms with Crippen molar-refractivity contribution in [2.75, 3.05) is 36.6 Å². The lowest BCUT2D eigenvalue weighted by molar-refractivity contribution is -0.114. The largest absolute Gasteiger partial charge is 0.465 e. The number of carbonyl (C=O) groups excluding carboxylic acids is 3. The van der Waals surface area contributed by atoms with Gasteiger partial charge in [-0.15, -0.1) is 0 Å². The van der Waals surface area contributed by atoms with Crippen LogP contribution in [0, 0.1) is 6.92 Å². The number of hydrogen-bond acceptors (Lipinski definition) is 7. The third-order valence-corrected chi connectivity index (χ3v) is 5.79. The van der Waals surface area contributed by atoms with Gasteiger partial charge in [0.05, 0.1) is 37.3 Å². The maximum Gasteiger partial charge on any atom is 0.337 e. The molecular weight excluding hydrogens is 448 g/mol. The van der Waals surface area contributed by atoms with Crippen LogP contribution in [0.2, 0.25) is 5.02 Å². The molecule has 2 rings (SSSR count). The van der Waals surface area contributed by atoms with E-state index in [1.165, 1.54) is 38.5 Å². The number of anilines is 2. The predicted octanol–water partition coefficient (Wildman–Crippen LogP) is 2.63. The number of halogens is 1. The fourth-order valence-corrected chi connectivity index (χ4v) is 3.83. The van der Waals surface area contributed by atoms with Crippen LogP contribution < -0.4 is 9.62 Å². The van der Waals surface area contributed by atoms with Gasteiger partial charge in [0.2, 0.25) is 15.9 Å². The Bertz CT molecular complexity index is 1100. The van der Waals surface area contributed by atoms with E-state index < -0.39 is 34.4 Å². The molecule has 0 fully saturated rings. The lowest BCUT2D eigenvalue weighted by Crippen LogP contribution is -2.38. The fourth-order valence-electron chi connectivity index (χ4n) is 2.75. The fraction of sp³-hybridized carbons (Fsp3) is 0.250. The van der Waals surface area contributed by atoms with E-state index in [1.54, 1.807) is 19.1 Å². The second-order valence-electron chi connectivity index (χ2n) is 6.48. The number of ether oxygens (including phenoxy) is 2. The zero-order valence-corrected chi connectivity index (χ0v) is 18.8. The standard InChI is InChI=1S/C20H21ClN2O7S/c1-12-16(21)6-5-7-17(12)23(31(4,27)28)11-18(24)22-15-9-13(19(25)29-2)8-14(10-15)20(26)30-3/h5-10H,11H2,1-4H3,(H,22,24). The van der Waals surface area contributed by atoms with Gasteiger partial charge in [-0.3, -0.25) is 9.10 Å². The van der Waals surface area contributed by atoms with Gasteiger partial charge < -0.3 is 14.8 Å². The molecule has 2 aromatic carbocycles. The second kappa shape index (κ2) is 9.80. The highest BCUT2D eigenvalue weighted by atomic mass is 35.5. The summed E-state index contributed by atoms with van der Waals surface area (Å²) in [5.74, 6) is -2.16. The first-order chi connectivity index (χ1) is 14.5. The molecule has 0 radical (unpaired) electrons. The van der Waals surface area contributed by atoms with E-state index in [4.69, 9.17) is 11.6 Å². The Kier molecular flexibility index (Phi) is 7.64. The van der Waals surface area contributed by atoms with Gasteiger partial charge in [0.15, 0.2) is 0 Å². The zero-order valence-electron chi connectivity index (χ0n) is 17.3. The smallest absolute Gasteiger partial charge is 0.337 e. The number of carbonyl (C=O) groups is 3. The van der Waals surface area contributed by atoms with Crippen molar-refractivity contribution in [1.82, 2.24) is 0 Å². The van der Waals surface area contributed by atoms with E-state index in [2.05, 4.69) is 14.8 Å². The van der Waals surface area contributed by atoms with Crippen LogP contribution in [0.4, 0.5) is 11.4 Å². The quantitative estimate of drug-likeness (QED) is 0.620. The molecule has 31 heavy (non-hydrogen) atoms. The average molecular weight is 469 g/mol. The number of sulfonamides is 1. The van der Waals surface area contributed by atoms with Crippen LogP contribution in [0.25, 0.3) is 0 Å². The van der Waals surface area contributed by atoms with Crippen LogP contribution in [0.3, 0.4) is 0 Å². The molecular formula is C20H21ClN2O7S. The highest BCUT2D eigenvalue weighted by Crippen LogP contribution is 2.28. The summed E-state index contributed by atoms with van der Waals surface area (Å²) in [5.41, 5.74) is 0.842. The van der Waals surface area contributed by atoms with E-state index in [1.807, 2.05) is 0 Å². The Morgan fingerprint density at radius 3 is 2.06 bits per heavy atom. The van der Waals surface area contributed by atoms with Crippen LogP contribution in [-0.2, 0) is 24.3 Å². The number of amides is 1. The second-order valence-corrected chi connectivity index (χ2v) is 8.80. The number of esters is 2. The molecule has 0 unspecified atom stereocenters. The van der Waals surface area contributed by atoms with Crippen LogP contribution in [0.5, 0.6) is 0 Å². The first-order valence-corrected chi connectivity index (χ1v) is 11.0. The summed E-state index contributed by atoms with van der Waals surface area (Å²) < 4.78 is 34.9. The van der Waals surface area contributed by atoms with Crippen molar-refractivity contribution in [2.45, 2.75) is 6.92 Å². The summed E-state index contributed by atoms with van der Waals surface area (Å²) >= 11 is 6.09. The van der Waals surface area contributed by atoms with Crippen molar-refractivity contribution in [1.29, 1.82) is 0 Å². The minimum absolute atomic E-state index is 0.00588. The molecule has 0 saturated carbocycles. The lowest BCUT2D eigenvalue weighted by Gasteiger charge is -2.24. The van der Waals surface area contributed by atoms with E-state index in [0.717, 1.165) is 10.6 Å². The molecule has 166 valence electrons. The number of methoxy groups -OCH3 is 2. The van der Waals surface area contributed by atoms with Gasteiger partial charge in [0, 0.05) is 10.7 Å². The van der Waals surface area contributed by atoms with Crippen molar-refractivity contribution < 1.29 is 32.3 Å². The zero-order chi connectivity index (χ0) is 23.3. The van der Waals surface area contributed by atoms with Crippen LogP contribution >= 0.6 is 11.6 Å². The summed E-state index contributed by atoms with van der Waals surface area (Å²) in [4.78, 5) is 36.4. The molecule has 0 aromatic heterocycles. The Morgan fingerprint density at radius 2 is 1.58 bits per heavy atom. The highest BCUT2D eigenvalue weighted by Gasteiger charge is 2.24. The Labute approximate surface area is 184 Å². The van der Waals surface area contributed by atoms with E-state index in [9.17, 15) is 22.8 Å². The van der Waals surface area contributed by atoms with E-state index >= 15 is 0 Å². The van der Waals surface area contributed by atoms with Crippen molar-refractivity contribution >= 4 is 50.8 Å². The minimum atomic E-state index is -3.83. The van der Waals surface area contributed by atoms with Crippen molar-refractivity contribution in [2.24, 2.45) is 0 Å². The number of nitrogens with one attached hydrogen (secondary N) is 1. The monoisotopic (exact) mass is 468 g/mol. The number of nitrogens with zero attached hydrogens (tertiary/aromatic N) is 1. The third-order valence-electron chi connectivity index (χ3n) is 4.25. The van der Waals surface area contributed by atoms with Gasteiger partial charge in [-0.2, -0.15) is 0 Å². The summed E-state index contributed by atoms with van der Waals surface area (Å²) in [7, 11) is -1.49. The minimum Gasteiger partial charge on any atom is -0.465 e. The average Bonchev–Trinajstić information content (AvgIpc) is 2.72. The highest BCUT2D eigenvalue weighted by molar-refractivity contribution is 7.92. The molecule has 0 atom stereocenters. The van der Waals surface area contributed by atoms with Crippen LogP contribution in [0.1, 0.15) is 26.3 Å². The Hall–Kier alpha value is -3.11. The molecule has 1 amide bonds. The topological polar surface area (TPSA) is 119 Å². The Balaban J connectivity index is 2.37. The molecule has 0 aliphatic carbocycles. The van der Waals surface area contributed by atoms with Crippen molar-refractivity contribution in [3.63, 3.8) is 0 Å². The van der Waals surface area contributed by atoms with E-state index in [-0.39, 0.29) is 22.5 Å². The number of rotatable bonds is 7. The molecule has 0 aliphatic rings. The van der Waals surface area contributed by atoms with Gasteiger partial charge in [-0.05, 0) is 42.8 Å². The lowest BCUT2D eigenvalue weighted by atomic mass is 10.1. The normalized spacial score (nSPS) is 10.9. The molecule has 0 spiro atoms. The van der Waals surface area contributed by atoms with Crippen LogP contribution in [-0.4, -0.2) is 53.3 Å². The van der Waals surface area contributed by atoms with Crippen molar-refractivity contribution in [3.8, 4) is 0 Å².